The minimum atomic E-state index is -0.695. The zero-order valence-corrected chi connectivity index (χ0v) is 5.92. The van der Waals surface area contributed by atoms with Gasteiger partial charge in [0.2, 0.25) is 0 Å². The second kappa shape index (κ2) is 3.01. The van der Waals surface area contributed by atoms with Crippen LogP contribution in [0.2, 0.25) is 0 Å². The first kappa shape index (κ1) is 7.54. The Kier molecular flexibility index (Phi) is 2.27. The zero-order valence-electron chi connectivity index (χ0n) is 5.92. The summed E-state index contributed by atoms with van der Waals surface area (Å²) in [4.78, 5) is 10.2. The molecular weight excluding hydrogens is 130 g/mol. The third kappa shape index (κ3) is 1.99. The molecule has 0 aromatic carbocycles. The molecule has 0 aromatic heterocycles. The molecule has 3 N–H and O–H groups in total. The van der Waals surface area contributed by atoms with Gasteiger partial charge in [-0.15, -0.1) is 0 Å². The molecule has 1 saturated carbocycles. The summed E-state index contributed by atoms with van der Waals surface area (Å²) in [6.07, 6.45) is 3.19. The van der Waals surface area contributed by atoms with E-state index >= 15 is 0 Å². The van der Waals surface area contributed by atoms with E-state index in [9.17, 15) is 4.79 Å². The van der Waals surface area contributed by atoms with Crippen LogP contribution in [-0.4, -0.2) is 17.1 Å². The Hall–Kier alpha value is -0.570. The number of carbonyl (C=O) groups is 1. The molecule has 1 aliphatic rings. The molecule has 1 aliphatic carbocycles. The van der Waals surface area contributed by atoms with Gasteiger partial charge in [-0.2, -0.15) is 0 Å². The molecular formula is C7H13NO2. The van der Waals surface area contributed by atoms with Gasteiger partial charge < -0.3 is 10.8 Å². The largest absolute Gasteiger partial charge is 0.481 e. The molecule has 0 amide bonds. The van der Waals surface area contributed by atoms with Gasteiger partial charge in [-0.25, -0.2) is 0 Å². The summed E-state index contributed by atoms with van der Waals surface area (Å²) in [5, 5.41) is 8.42. The van der Waals surface area contributed by atoms with E-state index in [0.717, 1.165) is 19.3 Å². The highest BCUT2D eigenvalue weighted by molar-refractivity contribution is 5.67. The predicted octanol–water partition coefficient (Wildman–Crippen LogP) is 0.588. The van der Waals surface area contributed by atoms with Crippen molar-refractivity contribution in [2.45, 2.75) is 31.7 Å². The number of hydrogen-bond donors (Lipinski definition) is 2. The molecule has 0 radical (unpaired) electrons. The number of rotatable bonds is 2. The first-order valence-corrected chi connectivity index (χ1v) is 3.66. The lowest BCUT2D eigenvalue weighted by Gasteiger charge is -2.03. The van der Waals surface area contributed by atoms with Gasteiger partial charge in [0.25, 0.3) is 0 Å². The molecule has 10 heavy (non-hydrogen) atoms. The number of aliphatic carboxylic acids is 1. The SMILES string of the molecule is N[C@@H]1CC[C@@H](CC(=O)O)C1. The summed E-state index contributed by atoms with van der Waals surface area (Å²) in [7, 11) is 0. The van der Waals surface area contributed by atoms with Crippen LogP contribution in [0.1, 0.15) is 25.7 Å². The summed E-state index contributed by atoms with van der Waals surface area (Å²) in [6.45, 7) is 0. The highest BCUT2D eigenvalue weighted by Crippen LogP contribution is 2.26. The van der Waals surface area contributed by atoms with Crippen molar-refractivity contribution in [1.82, 2.24) is 0 Å². The summed E-state index contributed by atoms with van der Waals surface area (Å²) in [5.41, 5.74) is 5.61. The van der Waals surface area contributed by atoms with Gasteiger partial charge in [0.1, 0.15) is 0 Å². The average molecular weight is 143 g/mol. The molecule has 0 aliphatic heterocycles. The van der Waals surface area contributed by atoms with Crippen LogP contribution in [0.3, 0.4) is 0 Å². The Bertz CT molecular complexity index is 136. The maximum Gasteiger partial charge on any atom is 0.303 e. The molecule has 1 fully saturated rings. The van der Waals surface area contributed by atoms with Gasteiger partial charge in [-0.1, -0.05) is 0 Å². The van der Waals surface area contributed by atoms with E-state index < -0.39 is 5.97 Å². The van der Waals surface area contributed by atoms with Gasteiger partial charge in [0, 0.05) is 12.5 Å². The molecule has 0 unspecified atom stereocenters. The predicted molar refractivity (Wildman–Crippen MR) is 37.6 cm³/mol. The van der Waals surface area contributed by atoms with Crippen molar-refractivity contribution < 1.29 is 9.90 Å². The molecule has 1 rings (SSSR count). The van der Waals surface area contributed by atoms with Crippen LogP contribution >= 0.6 is 0 Å². The number of hydrogen-bond acceptors (Lipinski definition) is 2. The Balaban J connectivity index is 2.24. The molecule has 0 bridgehead atoms. The van der Waals surface area contributed by atoms with E-state index in [1.807, 2.05) is 0 Å². The van der Waals surface area contributed by atoms with Crippen LogP contribution in [0.25, 0.3) is 0 Å². The van der Waals surface area contributed by atoms with Crippen molar-refractivity contribution in [2.24, 2.45) is 11.7 Å². The van der Waals surface area contributed by atoms with Crippen molar-refractivity contribution in [3.63, 3.8) is 0 Å². The first-order valence-electron chi connectivity index (χ1n) is 3.66. The minimum Gasteiger partial charge on any atom is -0.481 e. The van der Waals surface area contributed by atoms with E-state index in [-0.39, 0.29) is 6.04 Å². The monoisotopic (exact) mass is 143 g/mol. The number of nitrogens with two attached hydrogens (primary N) is 1. The highest BCUT2D eigenvalue weighted by Gasteiger charge is 2.23. The third-order valence-electron chi connectivity index (χ3n) is 2.05. The Labute approximate surface area is 60.2 Å². The molecule has 3 heteroatoms. The lowest BCUT2D eigenvalue weighted by molar-refractivity contribution is -0.138. The second-order valence-electron chi connectivity index (χ2n) is 3.04. The summed E-state index contributed by atoms with van der Waals surface area (Å²) in [6, 6.07) is 0.254. The fraction of sp³-hybridized carbons (Fsp3) is 0.857. The van der Waals surface area contributed by atoms with Crippen molar-refractivity contribution in [3.05, 3.63) is 0 Å². The minimum absolute atomic E-state index is 0.254. The van der Waals surface area contributed by atoms with E-state index in [1.165, 1.54) is 0 Å². The lowest BCUT2D eigenvalue weighted by Crippen LogP contribution is -2.15. The summed E-state index contributed by atoms with van der Waals surface area (Å²) >= 11 is 0. The second-order valence-corrected chi connectivity index (χ2v) is 3.04. The van der Waals surface area contributed by atoms with Crippen molar-refractivity contribution >= 4 is 5.97 Å². The van der Waals surface area contributed by atoms with E-state index in [0.29, 0.717) is 12.3 Å². The Morgan fingerprint density at radius 2 is 2.30 bits per heavy atom. The van der Waals surface area contributed by atoms with Gasteiger partial charge in [0.05, 0.1) is 0 Å². The van der Waals surface area contributed by atoms with Crippen LogP contribution in [0.4, 0.5) is 0 Å². The molecule has 0 heterocycles. The van der Waals surface area contributed by atoms with Crippen LogP contribution in [0.5, 0.6) is 0 Å². The lowest BCUT2D eigenvalue weighted by atomic mass is 10.0. The first-order chi connectivity index (χ1) is 4.68. The smallest absolute Gasteiger partial charge is 0.303 e. The topological polar surface area (TPSA) is 63.3 Å². The molecule has 0 aromatic rings. The fourth-order valence-electron chi connectivity index (χ4n) is 1.55. The van der Waals surface area contributed by atoms with E-state index in [1.54, 1.807) is 0 Å². The molecule has 0 spiro atoms. The normalized spacial score (nSPS) is 32.5. The van der Waals surface area contributed by atoms with Crippen LogP contribution in [-0.2, 0) is 4.79 Å². The van der Waals surface area contributed by atoms with Gasteiger partial charge >= 0.3 is 5.97 Å². The number of carboxylic acids is 1. The average Bonchev–Trinajstić information content (AvgIpc) is 2.13. The van der Waals surface area contributed by atoms with Crippen molar-refractivity contribution in [1.29, 1.82) is 0 Å². The van der Waals surface area contributed by atoms with Gasteiger partial charge in [0.15, 0.2) is 0 Å². The maximum atomic E-state index is 10.2. The summed E-state index contributed by atoms with van der Waals surface area (Å²) < 4.78 is 0. The van der Waals surface area contributed by atoms with E-state index in [4.69, 9.17) is 10.8 Å². The maximum absolute atomic E-state index is 10.2. The highest BCUT2D eigenvalue weighted by atomic mass is 16.4. The van der Waals surface area contributed by atoms with Crippen molar-refractivity contribution in [2.75, 3.05) is 0 Å². The van der Waals surface area contributed by atoms with Crippen molar-refractivity contribution in [3.8, 4) is 0 Å². The van der Waals surface area contributed by atoms with E-state index in [2.05, 4.69) is 0 Å². The zero-order chi connectivity index (χ0) is 7.56. The fourth-order valence-corrected chi connectivity index (χ4v) is 1.55. The molecule has 2 atom stereocenters. The molecule has 0 saturated heterocycles. The van der Waals surface area contributed by atoms with Gasteiger partial charge in [-0.05, 0) is 25.2 Å². The third-order valence-corrected chi connectivity index (χ3v) is 2.05. The van der Waals surface area contributed by atoms with Gasteiger partial charge in [-0.3, -0.25) is 4.79 Å². The standard InChI is InChI=1S/C7H13NO2/c8-6-2-1-5(3-6)4-7(9)10/h5-6H,1-4,8H2,(H,9,10)/t5-,6-/m1/s1. The number of carboxylic acid groups (broad SMARTS) is 1. The van der Waals surface area contributed by atoms with Crippen LogP contribution in [0, 0.1) is 5.92 Å². The Morgan fingerprint density at radius 3 is 2.70 bits per heavy atom. The molecule has 58 valence electrons. The van der Waals surface area contributed by atoms with Crippen LogP contribution < -0.4 is 5.73 Å². The quantitative estimate of drug-likeness (QED) is 0.594. The molecule has 3 nitrogen and oxygen atoms in total. The Morgan fingerprint density at radius 1 is 1.60 bits per heavy atom. The van der Waals surface area contributed by atoms with Crippen LogP contribution in [0.15, 0.2) is 0 Å². The summed E-state index contributed by atoms with van der Waals surface area (Å²) in [5.74, 6) is -0.355.